The highest BCUT2D eigenvalue weighted by molar-refractivity contribution is 9.10. The van der Waals surface area contributed by atoms with E-state index >= 15 is 0 Å². The van der Waals surface area contributed by atoms with Crippen LogP contribution in [-0.2, 0) is 12.0 Å². The summed E-state index contributed by atoms with van der Waals surface area (Å²) < 4.78 is 1.14. The fraction of sp³-hybridized carbons (Fsp3) is 0.286. The Balaban J connectivity index is 2.27. The van der Waals surface area contributed by atoms with E-state index in [1.54, 1.807) is 11.3 Å². The largest absolute Gasteiger partial charge is 0.321 e. The third-order valence-electron chi connectivity index (χ3n) is 2.92. The summed E-state index contributed by atoms with van der Waals surface area (Å²) in [6.45, 7) is 4.22. The quantitative estimate of drug-likeness (QED) is 0.902. The second-order valence-corrected chi connectivity index (χ2v) is 6.55. The molecule has 0 spiro atoms. The zero-order valence-corrected chi connectivity index (χ0v) is 12.4. The first kappa shape index (κ1) is 12.8. The van der Waals surface area contributed by atoms with E-state index in [1.165, 1.54) is 16.0 Å². The van der Waals surface area contributed by atoms with Gasteiger partial charge in [-0.05, 0) is 47.0 Å². The first-order chi connectivity index (χ1) is 7.99. The summed E-state index contributed by atoms with van der Waals surface area (Å²) in [6, 6.07) is 10.5. The molecule has 0 amide bonds. The fourth-order valence-electron chi connectivity index (χ4n) is 2.12. The van der Waals surface area contributed by atoms with Crippen molar-refractivity contribution in [2.45, 2.75) is 25.8 Å². The average Bonchev–Trinajstić information content (AvgIpc) is 2.63. The molecule has 1 atom stereocenters. The normalized spacial score (nSPS) is 14.6. The summed E-state index contributed by atoms with van der Waals surface area (Å²) in [5, 5.41) is 2.10. The summed E-state index contributed by atoms with van der Waals surface area (Å²) in [5.74, 6) is 0. The molecule has 1 nitrogen and oxygen atoms in total. The van der Waals surface area contributed by atoms with Crippen LogP contribution in [-0.4, -0.2) is 0 Å². The van der Waals surface area contributed by atoms with E-state index in [1.807, 2.05) is 0 Å². The van der Waals surface area contributed by atoms with Crippen LogP contribution >= 0.6 is 27.3 Å². The van der Waals surface area contributed by atoms with Crippen molar-refractivity contribution in [2.75, 3.05) is 0 Å². The van der Waals surface area contributed by atoms with Crippen molar-refractivity contribution in [3.05, 3.63) is 56.2 Å². The molecule has 0 saturated heterocycles. The van der Waals surface area contributed by atoms with E-state index < -0.39 is 0 Å². The van der Waals surface area contributed by atoms with Crippen molar-refractivity contribution in [1.29, 1.82) is 0 Å². The maximum absolute atomic E-state index is 6.47. The molecule has 0 radical (unpaired) electrons. The second kappa shape index (κ2) is 4.92. The Morgan fingerprint density at radius 1 is 1.35 bits per heavy atom. The minimum atomic E-state index is -0.310. The first-order valence-electron chi connectivity index (χ1n) is 5.57. The summed E-state index contributed by atoms with van der Waals surface area (Å²) in [7, 11) is 0. The molecule has 0 saturated carbocycles. The molecule has 2 aromatic rings. The van der Waals surface area contributed by atoms with Gasteiger partial charge in [-0.3, -0.25) is 0 Å². The Hall–Kier alpha value is -0.640. The molecule has 3 heteroatoms. The molecule has 1 aromatic carbocycles. The van der Waals surface area contributed by atoms with E-state index in [4.69, 9.17) is 5.73 Å². The molecule has 1 unspecified atom stereocenters. The van der Waals surface area contributed by atoms with Crippen molar-refractivity contribution < 1.29 is 0 Å². The lowest BCUT2D eigenvalue weighted by Crippen LogP contribution is -2.35. The Bertz CT molecular complexity index is 516. The van der Waals surface area contributed by atoms with Gasteiger partial charge in [-0.1, -0.05) is 24.3 Å². The zero-order valence-electron chi connectivity index (χ0n) is 10.0. The number of aryl methyl sites for hydroxylation is 1. The monoisotopic (exact) mass is 309 g/mol. The van der Waals surface area contributed by atoms with Crippen molar-refractivity contribution in [1.82, 2.24) is 0 Å². The van der Waals surface area contributed by atoms with Gasteiger partial charge in [-0.15, -0.1) is 11.3 Å². The van der Waals surface area contributed by atoms with Gasteiger partial charge in [0.15, 0.2) is 0 Å². The Kier molecular flexibility index (Phi) is 3.71. The van der Waals surface area contributed by atoms with Crippen molar-refractivity contribution in [3.8, 4) is 0 Å². The smallest absolute Gasteiger partial charge is 0.0432 e. The highest BCUT2D eigenvalue weighted by atomic mass is 79.9. The topological polar surface area (TPSA) is 26.0 Å². The predicted molar refractivity (Wildman–Crippen MR) is 78.4 cm³/mol. The maximum atomic E-state index is 6.47. The van der Waals surface area contributed by atoms with E-state index in [2.05, 4.69) is 65.5 Å². The van der Waals surface area contributed by atoms with E-state index in [0.29, 0.717) is 0 Å². The third kappa shape index (κ3) is 2.97. The zero-order chi connectivity index (χ0) is 12.5. The molecule has 17 heavy (non-hydrogen) atoms. The Morgan fingerprint density at radius 3 is 2.65 bits per heavy atom. The van der Waals surface area contributed by atoms with Crippen LogP contribution in [0.3, 0.4) is 0 Å². The number of halogens is 1. The van der Waals surface area contributed by atoms with Crippen molar-refractivity contribution >= 4 is 27.3 Å². The highest BCUT2D eigenvalue weighted by Crippen LogP contribution is 2.29. The van der Waals surface area contributed by atoms with Gasteiger partial charge in [0.05, 0.1) is 0 Å². The minimum Gasteiger partial charge on any atom is -0.321 e. The molecule has 0 aliphatic heterocycles. The molecule has 0 bridgehead atoms. The Morgan fingerprint density at radius 2 is 2.06 bits per heavy atom. The lowest BCUT2D eigenvalue weighted by atomic mass is 9.86. The lowest BCUT2D eigenvalue weighted by Gasteiger charge is -2.26. The summed E-state index contributed by atoms with van der Waals surface area (Å²) >= 11 is 5.23. The molecular weight excluding hydrogens is 294 g/mol. The number of thiophene rings is 1. The number of benzene rings is 1. The van der Waals surface area contributed by atoms with Crippen LogP contribution in [0.4, 0.5) is 0 Å². The second-order valence-electron chi connectivity index (χ2n) is 4.64. The molecule has 2 N–H and O–H groups in total. The Labute approximate surface area is 115 Å². The van der Waals surface area contributed by atoms with Gasteiger partial charge in [0, 0.05) is 26.7 Å². The fourth-order valence-corrected chi connectivity index (χ4v) is 3.74. The highest BCUT2D eigenvalue weighted by Gasteiger charge is 2.23. The molecular formula is C14H16BrNS. The number of hydrogen-bond acceptors (Lipinski definition) is 2. The minimum absolute atomic E-state index is 0.310. The van der Waals surface area contributed by atoms with Gasteiger partial charge < -0.3 is 5.73 Å². The standard InChI is InChI=1S/C14H16BrNS/c1-10-5-3-4-6-13(10)14(2,16)8-12-7-11(15)9-17-12/h3-7,9H,8,16H2,1-2H3. The SMILES string of the molecule is Cc1ccccc1C(C)(N)Cc1cc(Br)cs1. The van der Waals surface area contributed by atoms with Gasteiger partial charge in [0.1, 0.15) is 0 Å². The number of rotatable bonds is 3. The van der Waals surface area contributed by atoms with Crippen LogP contribution < -0.4 is 5.73 Å². The molecule has 2 rings (SSSR count). The number of nitrogens with two attached hydrogens (primary N) is 1. The van der Waals surface area contributed by atoms with Crippen molar-refractivity contribution in [3.63, 3.8) is 0 Å². The van der Waals surface area contributed by atoms with Gasteiger partial charge in [0.2, 0.25) is 0 Å². The van der Waals surface area contributed by atoms with Crippen LogP contribution in [0.1, 0.15) is 22.9 Å². The first-order valence-corrected chi connectivity index (χ1v) is 7.24. The van der Waals surface area contributed by atoms with E-state index in [0.717, 1.165) is 10.9 Å². The lowest BCUT2D eigenvalue weighted by molar-refractivity contribution is 0.492. The van der Waals surface area contributed by atoms with Crippen LogP contribution in [0.5, 0.6) is 0 Å². The van der Waals surface area contributed by atoms with Gasteiger partial charge >= 0.3 is 0 Å². The number of hydrogen-bond donors (Lipinski definition) is 1. The van der Waals surface area contributed by atoms with Gasteiger partial charge in [-0.25, -0.2) is 0 Å². The maximum Gasteiger partial charge on any atom is 0.0432 e. The molecule has 90 valence electrons. The molecule has 1 aromatic heterocycles. The van der Waals surface area contributed by atoms with Gasteiger partial charge in [0.25, 0.3) is 0 Å². The molecule has 0 aliphatic rings. The van der Waals surface area contributed by atoms with Crippen LogP contribution in [0.25, 0.3) is 0 Å². The van der Waals surface area contributed by atoms with Crippen LogP contribution in [0.15, 0.2) is 40.2 Å². The van der Waals surface area contributed by atoms with E-state index in [-0.39, 0.29) is 5.54 Å². The van der Waals surface area contributed by atoms with Crippen molar-refractivity contribution in [2.24, 2.45) is 5.73 Å². The third-order valence-corrected chi connectivity index (χ3v) is 4.62. The summed E-state index contributed by atoms with van der Waals surface area (Å²) in [4.78, 5) is 1.31. The van der Waals surface area contributed by atoms with Crippen LogP contribution in [0.2, 0.25) is 0 Å². The van der Waals surface area contributed by atoms with Gasteiger partial charge in [-0.2, -0.15) is 0 Å². The van der Waals surface area contributed by atoms with E-state index in [9.17, 15) is 0 Å². The average molecular weight is 310 g/mol. The molecule has 0 aliphatic carbocycles. The molecule has 0 fully saturated rings. The summed E-state index contributed by atoms with van der Waals surface area (Å²) in [5.41, 5.74) is 8.65. The van der Waals surface area contributed by atoms with Crippen LogP contribution in [0, 0.1) is 6.92 Å². The predicted octanol–water partition coefficient (Wildman–Crippen LogP) is 4.24. The summed E-state index contributed by atoms with van der Waals surface area (Å²) in [6.07, 6.45) is 0.869. The molecule has 1 heterocycles.